The SMILES string of the molecule is C=C/N=C\C=C/CCCC(C)C. The summed E-state index contributed by atoms with van der Waals surface area (Å²) in [5.74, 6) is 0.820. The highest BCUT2D eigenvalue weighted by Gasteiger charge is 1.90. The molecule has 0 aromatic heterocycles. The van der Waals surface area contributed by atoms with Crippen LogP contribution in [-0.4, -0.2) is 6.21 Å². The minimum Gasteiger partial charge on any atom is -0.265 e. The first-order valence-corrected chi connectivity index (χ1v) is 4.56. The van der Waals surface area contributed by atoms with E-state index in [1.807, 2.05) is 6.08 Å². The predicted molar refractivity (Wildman–Crippen MR) is 56.5 cm³/mol. The second kappa shape index (κ2) is 8.25. The van der Waals surface area contributed by atoms with Gasteiger partial charge in [0.15, 0.2) is 0 Å². The third kappa shape index (κ3) is 9.15. The average Bonchev–Trinajstić information content (AvgIpc) is 2.02. The molecule has 0 bridgehead atoms. The van der Waals surface area contributed by atoms with Crippen molar-refractivity contribution < 1.29 is 0 Å². The molecule has 0 spiro atoms. The lowest BCUT2D eigenvalue weighted by molar-refractivity contribution is 0.560. The van der Waals surface area contributed by atoms with Crippen molar-refractivity contribution in [3.05, 3.63) is 24.9 Å². The second-order valence-corrected chi connectivity index (χ2v) is 3.23. The van der Waals surface area contributed by atoms with E-state index in [9.17, 15) is 0 Å². The molecule has 0 amide bonds. The van der Waals surface area contributed by atoms with Crippen molar-refractivity contribution in [3.63, 3.8) is 0 Å². The number of nitrogens with zero attached hydrogens (tertiary/aromatic N) is 1. The van der Waals surface area contributed by atoms with Gasteiger partial charge in [-0.3, -0.25) is 4.99 Å². The molecule has 68 valence electrons. The number of hydrogen-bond acceptors (Lipinski definition) is 1. The van der Waals surface area contributed by atoms with Crippen LogP contribution in [0.2, 0.25) is 0 Å². The molecule has 0 fully saturated rings. The van der Waals surface area contributed by atoms with E-state index < -0.39 is 0 Å². The highest BCUT2D eigenvalue weighted by atomic mass is 14.6. The van der Waals surface area contributed by atoms with Crippen LogP contribution in [0.3, 0.4) is 0 Å². The maximum atomic E-state index is 3.86. The maximum Gasteiger partial charge on any atom is 0.0264 e. The van der Waals surface area contributed by atoms with E-state index in [2.05, 4.69) is 31.5 Å². The molecule has 0 aromatic carbocycles. The fourth-order valence-corrected chi connectivity index (χ4v) is 0.912. The molecule has 1 nitrogen and oxygen atoms in total. The molecule has 0 aliphatic rings. The maximum absolute atomic E-state index is 3.86. The fourth-order valence-electron chi connectivity index (χ4n) is 0.912. The Labute approximate surface area is 75.9 Å². The van der Waals surface area contributed by atoms with Crippen LogP contribution in [0.5, 0.6) is 0 Å². The highest BCUT2D eigenvalue weighted by Crippen LogP contribution is 2.05. The zero-order chi connectivity index (χ0) is 9.23. The van der Waals surface area contributed by atoms with Gasteiger partial charge in [-0.05, 0) is 24.8 Å². The molecule has 0 aliphatic carbocycles. The van der Waals surface area contributed by atoms with E-state index in [1.165, 1.54) is 12.8 Å². The Bertz CT molecular complexity index is 154. The number of hydrogen-bond donors (Lipinski definition) is 0. The van der Waals surface area contributed by atoms with Crippen molar-refractivity contribution in [2.45, 2.75) is 33.1 Å². The van der Waals surface area contributed by atoms with Gasteiger partial charge >= 0.3 is 0 Å². The summed E-state index contributed by atoms with van der Waals surface area (Å²) in [6, 6.07) is 0. The Morgan fingerprint density at radius 3 is 2.75 bits per heavy atom. The lowest BCUT2D eigenvalue weighted by atomic mass is 10.1. The first-order valence-electron chi connectivity index (χ1n) is 4.56. The second-order valence-electron chi connectivity index (χ2n) is 3.23. The Kier molecular flexibility index (Phi) is 7.66. The van der Waals surface area contributed by atoms with Crippen LogP contribution in [0.15, 0.2) is 29.9 Å². The van der Waals surface area contributed by atoms with Crippen LogP contribution < -0.4 is 0 Å². The minimum atomic E-state index is 0.820. The summed E-state index contributed by atoms with van der Waals surface area (Å²) < 4.78 is 0. The first-order chi connectivity index (χ1) is 5.77. The van der Waals surface area contributed by atoms with Crippen LogP contribution in [0.4, 0.5) is 0 Å². The molecule has 0 rings (SSSR count). The van der Waals surface area contributed by atoms with Gasteiger partial charge in [-0.2, -0.15) is 0 Å². The Morgan fingerprint density at radius 1 is 1.42 bits per heavy atom. The van der Waals surface area contributed by atoms with Crippen molar-refractivity contribution >= 4 is 6.21 Å². The molecule has 1 heteroatoms. The van der Waals surface area contributed by atoms with Gasteiger partial charge in [0.2, 0.25) is 0 Å². The molecule has 0 N–H and O–H groups in total. The third-order valence-corrected chi connectivity index (χ3v) is 1.57. The van der Waals surface area contributed by atoms with Gasteiger partial charge in [-0.25, -0.2) is 0 Å². The van der Waals surface area contributed by atoms with Gasteiger partial charge < -0.3 is 0 Å². The molecule has 0 aromatic rings. The van der Waals surface area contributed by atoms with Gasteiger partial charge in [0.1, 0.15) is 0 Å². The van der Waals surface area contributed by atoms with Gasteiger partial charge in [0.05, 0.1) is 0 Å². The van der Waals surface area contributed by atoms with E-state index in [0.717, 1.165) is 12.3 Å². The van der Waals surface area contributed by atoms with Crippen molar-refractivity contribution in [1.82, 2.24) is 0 Å². The minimum absolute atomic E-state index is 0.820. The fraction of sp³-hybridized carbons (Fsp3) is 0.545. The molecular formula is C11H19N. The van der Waals surface area contributed by atoms with Crippen LogP contribution >= 0.6 is 0 Å². The standard InChI is InChI=1S/C11H19N/c1-4-12-10-8-6-5-7-9-11(2)3/h4,6,8,10-11H,1,5,7,9H2,2-3H3/b8-6-,12-10-. The number of rotatable bonds is 6. The number of allylic oxidation sites excluding steroid dienone is 2. The quantitative estimate of drug-likeness (QED) is 0.421. The van der Waals surface area contributed by atoms with Crippen LogP contribution in [0.25, 0.3) is 0 Å². The van der Waals surface area contributed by atoms with Crippen molar-refractivity contribution in [2.24, 2.45) is 10.9 Å². The monoisotopic (exact) mass is 165 g/mol. The lowest BCUT2D eigenvalue weighted by Crippen LogP contribution is -1.84. The molecule has 0 saturated carbocycles. The molecular weight excluding hydrogens is 146 g/mol. The molecule has 0 atom stereocenters. The van der Waals surface area contributed by atoms with E-state index in [0.29, 0.717) is 0 Å². The number of aliphatic imine (C=N–C) groups is 1. The molecule has 0 saturated heterocycles. The van der Waals surface area contributed by atoms with Crippen LogP contribution in [0.1, 0.15) is 33.1 Å². The average molecular weight is 165 g/mol. The molecule has 0 heterocycles. The van der Waals surface area contributed by atoms with Gasteiger partial charge in [0, 0.05) is 12.4 Å². The highest BCUT2D eigenvalue weighted by molar-refractivity contribution is 5.71. The molecule has 0 aliphatic heterocycles. The Morgan fingerprint density at radius 2 is 2.17 bits per heavy atom. The van der Waals surface area contributed by atoms with Crippen molar-refractivity contribution in [2.75, 3.05) is 0 Å². The molecule has 0 unspecified atom stereocenters. The summed E-state index contributed by atoms with van der Waals surface area (Å²) in [4.78, 5) is 3.86. The summed E-state index contributed by atoms with van der Waals surface area (Å²) in [6.07, 6.45) is 11.2. The third-order valence-electron chi connectivity index (χ3n) is 1.57. The summed E-state index contributed by atoms with van der Waals surface area (Å²) in [7, 11) is 0. The first kappa shape index (κ1) is 11.2. The van der Waals surface area contributed by atoms with Gasteiger partial charge in [-0.15, -0.1) is 0 Å². The van der Waals surface area contributed by atoms with E-state index in [1.54, 1.807) is 12.4 Å². The summed E-state index contributed by atoms with van der Waals surface area (Å²) in [5.41, 5.74) is 0. The smallest absolute Gasteiger partial charge is 0.0264 e. The summed E-state index contributed by atoms with van der Waals surface area (Å²) in [6.45, 7) is 7.99. The molecule has 0 radical (unpaired) electrons. The Balaban J connectivity index is 3.24. The van der Waals surface area contributed by atoms with Crippen LogP contribution in [0, 0.1) is 5.92 Å². The van der Waals surface area contributed by atoms with Gasteiger partial charge in [0.25, 0.3) is 0 Å². The zero-order valence-corrected chi connectivity index (χ0v) is 8.16. The summed E-state index contributed by atoms with van der Waals surface area (Å²) in [5, 5.41) is 0. The Hall–Kier alpha value is -0.850. The number of unbranched alkanes of at least 4 members (excludes halogenated alkanes) is 1. The predicted octanol–water partition coefficient (Wildman–Crippen LogP) is 3.58. The van der Waals surface area contributed by atoms with Crippen molar-refractivity contribution in [3.8, 4) is 0 Å². The largest absolute Gasteiger partial charge is 0.265 e. The van der Waals surface area contributed by atoms with E-state index in [4.69, 9.17) is 0 Å². The zero-order valence-electron chi connectivity index (χ0n) is 8.16. The van der Waals surface area contributed by atoms with Crippen LogP contribution in [-0.2, 0) is 0 Å². The lowest BCUT2D eigenvalue weighted by Gasteiger charge is -1.99. The molecule has 12 heavy (non-hydrogen) atoms. The van der Waals surface area contributed by atoms with E-state index >= 15 is 0 Å². The van der Waals surface area contributed by atoms with Gasteiger partial charge in [-0.1, -0.05) is 32.9 Å². The summed E-state index contributed by atoms with van der Waals surface area (Å²) >= 11 is 0. The van der Waals surface area contributed by atoms with E-state index in [-0.39, 0.29) is 0 Å². The van der Waals surface area contributed by atoms with Crippen molar-refractivity contribution in [1.29, 1.82) is 0 Å². The normalized spacial score (nSPS) is 11.9. The topological polar surface area (TPSA) is 12.4 Å².